The first-order valence-electron chi connectivity index (χ1n) is 10.7. The Balaban J connectivity index is 1.45. The number of nitrogens with zero attached hydrogens (tertiary/aromatic N) is 2. The van der Waals surface area contributed by atoms with Crippen LogP contribution in [0.4, 0.5) is 0 Å². The Morgan fingerprint density at radius 3 is 2.85 bits per heavy atom. The molecule has 3 rings (SSSR count). The van der Waals surface area contributed by atoms with Crippen LogP contribution in [0, 0.1) is 0 Å². The molecule has 0 spiro atoms. The van der Waals surface area contributed by atoms with Crippen LogP contribution < -0.4 is 10.6 Å². The van der Waals surface area contributed by atoms with Crippen LogP contribution in [0.1, 0.15) is 62.1 Å². The van der Waals surface area contributed by atoms with Crippen molar-refractivity contribution in [2.45, 2.75) is 64.8 Å². The van der Waals surface area contributed by atoms with Crippen molar-refractivity contribution in [2.24, 2.45) is 4.99 Å². The quantitative estimate of drug-likeness (QED) is 0.441. The van der Waals surface area contributed by atoms with Gasteiger partial charge in [-0.15, -0.1) is 0 Å². The van der Waals surface area contributed by atoms with Gasteiger partial charge in [0.1, 0.15) is 0 Å². The van der Waals surface area contributed by atoms with Gasteiger partial charge < -0.3 is 15.5 Å². The average molecular weight is 371 g/mol. The summed E-state index contributed by atoms with van der Waals surface area (Å²) in [6.45, 7) is 6.23. The Kier molecular flexibility index (Phi) is 7.55. The van der Waals surface area contributed by atoms with E-state index in [-0.39, 0.29) is 0 Å². The molecule has 1 amide bonds. The van der Waals surface area contributed by atoms with Crippen molar-refractivity contribution in [3.63, 3.8) is 0 Å². The van der Waals surface area contributed by atoms with E-state index < -0.39 is 0 Å². The van der Waals surface area contributed by atoms with Crippen LogP contribution >= 0.6 is 0 Å². The van der Waals surface area contributed by atoms with Gasteiger partial charge in [-0.05, 0) is 62.1 Å². The van der Waals surface area contributed by atoms with E-state index in [1.54, 1.807) is 0 Å². The molecule has 5 heteroatoms. The number of aliphatic imine (C=N–C) groups is 1. The molecule has 0 aromatic heterocycles. The fourth-order valence-electron chi connectivity index (χ4n) is 3.99. The van der Waals surface area contributed by atoms with E-state index in [0.717, 1.165) is 57.8 Å². The SMILES string of the molecule is CCNC(=NCc1ccc2c(c1)CCC2)NCCCN1CCCCCC1=O. The third-order valence-corrected chi connectivity index (χ3v) is 5.50. The lowest BCUT2D eigenvalue weighted by Gasteiger charge is -2.20. The smallest absolute Gasteiger partial charge is 0.222 e. The molecule has 0 saturated carbocycles. The molecule has 0 unspecified atom stereocenters. The Morgan fingerprint density at radius 2 is 1.96 bits per heavy atom. The van der Waals surface area contributed by atoms with Crippen LogP contribution in [0.2, 0.25) is 0 Å². The predicted octanol–water partition coefficient (Wildman–Crippen LogP) is 3.02. The Bertz CT molecular complexity index is 656. The van der Waals surface area contributed by atoms with Crippen LogP contribution in [0.15, 0.2) is 23.2 Å². The number of guanidine groups is 1. The van der Waals surface area contributed by atoms with Gasteiger partial charge in [0.2, 0.25) is 5.91 Å². The van der Waals surface area contributed by atoms with Gasteiger partial charge >= 0.3 is 0 Å². The van der Waals surface area contributed by atoms with E-state index in [4.69, 9.17) is 4.99 Å². The number of nitrogens with one attached hydrogen (secondary N) is 2. The van der Waals surface area contributed by atoms with Crippen LogP contribution in [0.25, 0.3) is 0 Å². The van der Waals surface area contributed by atoms with Gasteiger partial charge in [0.05, 0.1) is 6.54 Å². The molecule has 1 aliphatic heterocycles. The van der Waals surface area contributed by atoms with E-state index in [1.165, 1.54) is 42.4 Å². The van der Waals surface area contributed by atoms with E-state index in [2.05, 4.69) is 35.8 Å². The van der Waals surface area contributed by atoms with Gasteiger partial charge in [0.25, 0.3) is 0 Å². The fourth-order valence-corrected chi connectivity index (χ4v) is 3.99. The number of hydrogen-bond donors (Lipinski definition) is 2. The van der Waals surface area contributed by atoms with E-state index in [9.17, 15) is 4.79 Å². The van der Waals surface area contributed by atoms with Crippen molar-refractivity contribution in [3.8, 4) is 0 Å². The molecule has 2 N–H and O–H groups in total. The summed E-state index contributed by atoms with van der Waals surface area (Å²) in [7, 11) is 0. The second-order valence-electron chi connectivity index (χ2n) is 7.62. The molecular formula is C22H34N4O. The molecule has 1 heterocycles. The summed E-state index contributed by atoms with van der Waals surface area (Å²) in [5.41, 5.74) is 4.29. The number of aryl methyl sites for hydroxylation is 2. The highest BCUT2D eigenvalue weighted by Crippen LogP contribution is 2.23. The number of benzene rings is 1. The van der Waals surface area contributed by atoms with Crippen molar-refractivity contribution in [1.29, 1.82) is 0 Å². The van der Waals surface area contributed by atoms with Crippen LogP contribution in [-0.4, -0.2) is 42.9 Å². The number of rotatable bonds is 7. The monoisotopic (exact) mass is 370 g/mol. The number of amides is 1. The molecule has 2 aliphatic rings. The van der Waals surface area contributed by atoms with Gasteiger partial charge in [0, 0.05) is 32.6 Å². The first-order chi connectivity index (χ1) is 13.3. The molecule has 1 aromatic rings. The third-order valence-electron chi connectivity index (χ3n) is 5.50. The molecule has 148 valence electrons. The molecule has 0 radical (unpaired) electrons. The average Bonchev–Trinajstić information content (AvgIpc) is 3.05. The topological polar surface area (TPSA) is 56.7 Å². The molecule has 1 saturated heterocycles. The molecule has 1 fully saturated rings. The molecule has 1 aromatic carbocycles. The number of carbonyl (C=O) groups excluding carboxylic acids is 1. The lowest BCUT2D eigenvalue weighted by Crippen LogP contribution is -2.39. The zero-order chi connectivity index (χ0) is 18.9. The highest BCUT2D eigenvalue weighted by atomic mass is 16.2. The Labute approximate surface area is 163 Å². The second kappa shape index (κ2) is 10.3. The van der Waals surface area contributed by atoms with E-state index >= 15 is 0 Å². The first-order valence-corrected chi connectivity index (χ1v) is 10.7. The van der Waals surface area contributed by atoms with Crippen molar-refractivity contribution in [1.82, 2.24) is 15.5 Å². The predicted molar refractivity (Wildman–Crippen MR) is 111 cm³/mol. The lowest BCUT2D eigenvalue weighted by molar-refractivity contribution is -0.130. The van der Waals surface area contributed by atoms with Crippen LogP contribution in [0.5, 0.6) is 0 Å². The maximum absolute atomic E-state index is 12.1. The summed E-state index contributed by atoms with van der Waals surface area (Å²) >= 11 is 0. The summed E-state index contributed by atoms with van der Waals surface area (Å²) < 4.78 is 0. The minimum atomic E-state index is 0.324. The molecular weight excluding hydrogens is 336 g/mol. The Hall–Kier alpha value is -2.04. The fraction of sp³-hybridized carbons (Fsp3) is 0.636. The van der Waals surface area contributed by atoms with Gasteiger partial charge in [-0.3, -0.25) is 4.79 Å². The molecule has 0 bridgehead atoms. The largest absolute Gasteiger partial charge is 0.357 e. The summed E-state index contributed by atoms with van der Waals surface area (Å²) in [6, 6.07) is 6.80. The summed E-state index contributed by atoms with van der Waals surface area (Å²) in [5.74, 6) is 1.19. The van der Waals surface area contributed by atoms with E-state index in [0.29, 0.717) is 12.5 Å². The molecule has 0 atom stereocenters. The highest BCUT2D eigenvalue weighted by Gasteiger charge is 2.15. The normalized spacial score (nSPS) is 17.6. The molecule has 27 heavy (non-hydrogen) atoms. The third kappa shape index (κ3) is 5.98. The van der Waals surface area contributed by atoms with Gasteiger partial charge in [-0.25, -0.2) is 4.99 Å². The maximum atomic E-state index is 12.1. The minimum absolute atomic E-state index is 0.324. The summed E-state index contributed by atoms with van der Waals surface area (Å²) in [6.07, 6.45) is 8.76. The number of carbonyl (C=O) groups is 1. The van der Waals surface area contributed by atoms with Crippen molar-refractivity contribution in [3.05, 3.63) is 34.9 Å². The van der Waals surface area contributed by atoms with Crippen molar-refractivity contribution < 1.29 is 4.79 Å². The first kappa shape index (κ1) is 19.7. The number of fused-ring (bicyclic) bond motifs is 1. The number of hydrogen-bond acceptors (Lipinski definition) is 2. The lowest BCUT2D eigenvalue weighted by atomic mass is 10.1. The highest BCUT2D eigenvalue weighted by molar-refractivity contribution is 5.79. The van der Waals surface area contributed by atoms with E-state index in [1.807, 2.05) is 4.90 Å². The zero-order valence-electron chi connectivity index (χ0n) is 16.7. The van der Waals surface area contributed by atoms with Crippen molar-refractivity contribution in [2.75, 3.05) is 26.2 Å². The molecule has 1 aliphatic carbocycles. The van der Waals surface area contributed by atoms with Gasteiger partial charge in [-0.2, -0.15) is 0 Å². The van der Waals surface area contributed by atoms with Crippen LogP contribution in [-0.2, 0) is 24.2 Å². The Morgan fingerprint density at radius 1 is 1.07 bits per heavy atom. The van der Waals surface area contributed by atoms with Crippen molar-refractivity contribution >= 4 is 11.9 Å². The summed E-state index contributed by atoms with van der Waals surface area (Å²) in [4.78, 5) is 18.8. The van der Waals surface area contributed by atoms with Gasteiger partial charge in [-0.1, -0.05) is 24.6 Å². The zero-order valence-corrected chi connectivity index (χ0v) is 16.7. The summed E-state index contributed by atoms with van der Waals surface area (Å²) in [5, 5.41) is 6.73. The van der Waals surface area contributed by atoms with Crippen LogP contribution in [0.3, 0.4) is 0 Å². The van der Waals surface area contributed by atoms with Gasteiger partial charge in [0.15, 0.2) is 5.96 Å². The number of likely N-dealkylation sites (tertiary alicyclic amines) is 1. The second-order valence-corrected chi connectivity index (χ2v) is 7.62. The molecule has 5 nitrogen and oxygen atoms in total. The standard InChI is InChI=1S/C22H34N4O/c1-2-23-22(24-13-7-15-26-14-5-3-4-10-21(26)27)25-17-18-11-12-19-8-6-9-20(19)16-18/h11-12,16H,2-10,13-15,17H2,1H3,(H2,23,24,25). The minimum Gasteiger partial charge on any atom is -0.357 e. The maximum Gasteiger partial charge on any atom is 0.222 e.